The van der Waals surface area contributed by atoms with Crippen LogP contribution in [0.3, 0.4) is 0 Å². The molecule has 1 unspecified atom stereocenters. The summed E-state index contributed by atoms with van der Waals surface area (Å²) in [5, 5.41) is 5.65. The van der Waals surface area contributed by atoms with Gasteiger partial charge in [-0.25, -0.2) is 8.42 Å². The van der Waals surface area contributed by atoms with Crippen LogP contribution in [0.4, 0.5) is 5.69 Å². The number of carbonyl (C=O) groups is 2. The molecule has 2 aromatic rings. The van der Waals surface area contributed by atoms with Gasteiger partial charge in [-0.3, -0.25) is 9.59 Å². The minimum atomic E-state index is -3.81. The Labute approximate surface area is 201 Å². The lowest BCUT2D eigenvalue weighted by Gasteiger charge is -2.22. The van der Waals surface area contributed by atoms with Crippen LogP contribution in [0.2, 0.25) is 0 Å². The van der Waals surface area contributed by atoms with Crippen molar-refractivity contribution in [1.29, 1.82) is 0 Å². The predicted octanol–water partition coefficient (Wildman–Crippen LogP) is 3.11. The van der Waals surface area contributed by atoms with E-state index in [0.717, 1.165) is 5.56 Å². The molecule has 1 saturated heterocycles. The lowest BCUT2D eigenvalue weighted by atomic mass is 10.1. The highest BCUT2D eigenvalue weighted by Gasteiger charge is 2.30. The van der Waals surface area contributed by atoms with Crippen LogP contribution in [-0.2, 0) is 26.0 Å². The first-order chi connectivity index (χ1) is 16.3. The summed E-state index contributed by atoms with van der Waals surface area (Å²) in [4.78, 5) is 24.0. The summed E-state index contributed by atoms with van der Waals surface area (Å²) in [7, 11) is -2.41. The Balaban J connectivity index is 1.67. The van der Waals surface area contributed by atoms with Crippen molar-refractivity contribution in [2.75, 3.05) is 25.5 Å². The quantitative estimate of drug-likeness (QED) is 0.531. The van der Waals surface area contributed by atoms with Crippen LogP contribution in [0.25, 0.3) is 0 Å². The topological polar surface area (TPSA) is 105 Å². The summed E-state index contributed by atoms with van der Waals surface area (Å²) < 4.78 is 33.5. The largest absolute Gasteiger partial charge is 0.495 e. The molecule has 1 aliphatic heterocycles. The van der Waals surface area contributed by atoms with Crippen molar-refractivity contribution >= 4 is 27.5 Å². The molecule has 0 radical (unpaired) electrons. The number of rotatable bonds is 9. The summed E-state index contributed by atoms with van der Waals surface area (Å²) in [6.07, 6.45) is 3.96. The SMILES string of the molecule is C=CC(=O)NC1CCCN(S(=O)(=O)c2ccc(NC(=O)CCc3ccccc3)cc2OC)CC1. The Morgan fingerprint density at radius 2 is 1.91 bits per heavy atom. The molecule has 2 N–H and O–H groups in total. The zero-order valence-corrected chi connectivity index (χ0v) is 20.1. The molecule has 8 nitrogen and oxygen atoms in total. The summed E-state index contributed by atoms with van der Waals surface area (Å²) in [6.45, 7) is 4.09. The van der Waals surface area contributed by atoms with Crippen molar-refractivity contribution < 1.29 is 22.7 Å². The number of ether oxygens (including phenoxy) is 1. The fraction of sp³-hybridized carbons (Fsp3) is 0.360. The molecule has 3 rings (SSSR count). The van der Waals surface area contributed by atoms with Crippen molar-refractivity contribution in [3.05, 3.63) is 66.7 Å². The Bertz CT molecular complexity index is 1120. The molecular weight excluding hydrogens is 454 g/mol. The van der Waals surface area contributed by atoms with Gasteiger partial charge in [0.2, 0.25) is 21.8 Å². The van der Waals surface area contributed by atoms with Crippen molar-refractivity contribution in [2.45, 2.75) is 43.0 Å². The van der Waals surface area contributed by atoms with Gasteiger partial charge in [0, 0.05) is 37.3 Å². The first-order valence-electron chi connectivity index (χ1n) is 11.3. The van der Waals surface area contributed by atoms with Gasteiger partial charge < -0.3 is 15.4 Å². The maximum Gasteiger partial charge on any atom is 0.246 e. The summed E-state index contributed by atoms with van der Waals surface area (Å²) in [5.41, 5.74) is 1.54. The number of aryl methyl sites for hydroxylation is 1. The average molecular weight is 486 g/mol. The van der Waals surface area contributed by atoms with Crippen LogP contribution < -0.4 is 15.4 Å². The zero-order valence-electron chi connectivity index (χ0n) is 19.3. The highest BCUT2D eigenvalue weighted by atomic mass is 32.2. The number of hydrogen-bond acceptors (Lipinski definition) is 5. The van der Waals surface area contributed by atoms with E-state index in [9.17, 15) is 18.0 Å². The monoisotopic (exact) mass is 485 g/mol. The van der Waals surface area contributed by atoms with Crippen molar-refractivity contribution in [3.8, 4) is 5.75 Å². The second-order valence-electron chi connectivity index (χ2n) is 8.14. The third kappa shape index (κ3) is 6.68. The molecule has 34 heavy (non-hydrogen) atoms. The molecular formula is C25H31N3O5S. The minimum Gasteiger partial charge on any atom is -0.495 e. The molecule has 182 valence electrons. The maximum atomic E-state index is 13.4. The molecule has 1 aliphatic rings. The van der Waals surface area contributed by atoms with E-state index in [-0.39, 0.29) is 35.0 Å². The van der Waals surface area contributed by atoms with Crippen molar-refractivity contribution in [1.82, 2.24) is 9.62 Å². The average Bonchev–Trinajstić information content (AvgIpc) is 3.09. The van der Waals surface area contributed by atoms with Gasteiger partial charge in [0.05, 0.1) is 7.11 Å². The number of nitrogens with one attached hydrogen (secondary N) is 2. The number of sulfonamides is 1. The molecule has 1 fully saturated rings. The highest BCUT2D eigenvalue weighted by Crippen LogP contribution is 2.31. The molecule has 1 atom stereocenters. The molecule has 0 aliphatic carbocycles. The van der Waals surface area contributed by atoms with Gasteiger partial charge in [-0.15, -0.1) is 0 Å². The van der Waals surface area contributed by atoms with E-state index in [0.29, 0.717) is 44.3 Å². The highest BCUT2D eigenvalue weighted by molar-refractivity contribution is 7.89. The van der Waals surface area contributed by atoms with Gasteiger partial charge in [0.25, 0.3) is 0 Å². The van der Waals surface area contributed by atoms with E-state index in [1.54, 1.807) is 6.07 Å². The van der Waals surface area contributed by atoms with Crippen LogP contribution in [0.5, 0.6) is 5.75 Å². The zero-order chi connectivity index (χ0) is 24.6. The number of carbonyl (C=O) groups excluding carboxylic acids is 2. The molecule has 2 aromatic carbocycles. The standard InChI is InChI=1S/C25H31N3O5S/c1-3-24(29)26-20-10-7-16-28(17-15-20)34(31,32)23-13-12-21(18-22(23)33-2)27-25(30)14-11-19-8-5-4-6-9-19/h3-6,8-9,12-13,18,20H,1,7,10-11,14-17H2,2H3,(H,26,29)(H,27,30). The van der Waals surface area contributed by atoms with Crippen LogP contribution in [0, 0.1) is 0 Å². The van der Waals surface area contributed by atoms with E-state index >= 15 is 0 Å². The Hall–Kier alpha value is -3.17. The van der Waals surface area contributed by atoms with Crippen molar-refractivity contribution in [2.24, 2.45) is 0 Å². The normalized spacial score (nSPS) is 16.8. The number of benzene rings is 2. The number of hydrogen-bond donors (Lipinski definition) is 2. The molecule has 0 bridgehead atoms. The second kappa shape index (κ2) is 11.8. The number of amides is 2. The van der Waals surface area contributed by atoms with Gasteiger partial charge >= 0.3 is 0 Å². The van der Waals surface area contributed by atoms with E-state index < -0.39 is 10.0 Å². The predicted molar refractivity (Wildman–Crippen MR) is 131 cm³/mol. The van der Waals surface area contributed by atoms with Crippen LogP contribution in [0.15, 0.2) is 66.1 Å². The molecule has 2 amide bonds. The number of methoxy groups -OCH3 is 1. The summed E-state index contributed by atoms with van der Waals surface area (Å²) in [6, 6.07) is 14.2. The third-order valence-corrected chi connectivity index (χ3v) is 7.71. The smallest absolute Gasteiger partial charge is 0.246 e. The first kappa shape index (κ1) is 25.5. The molecule has 0 spiro atoms. The van der Waals surface area contributed by atoms with Gasteiger partial charge in [0.15, 0.2) is 0 Å². The number of nitrogens with zero attached hydrogens (tertiary/aromatic N) is 1. The second-order valence-corrected chi connectivity index (χ2v) is 10.1. The van der Waals surface area contributed by atoms with Crippen molar-refractivity contribution in [3.63, 3.8) is 0 Å². The lowest BCUT2D eigenvalue weighted by molar-refractivity contribution is -0.117. The van der Waals surface area contributed by atoms with E-state index in [1.807, 2.05) is 30.3 Å². The first-order valence-corrected chi connectivity index (χ1v) is 12.7. The van der Waals surface area contributed by atoms with Gasteiger partial charge in [0.1, 0.15) is 10.6 Å². The molecule has 9 heteroatoms. The van der Waals surface area contributed by atoms with E-state index in [2.05, 4.69) is 17.2 Å². The van der Waals surface area contributed by atoms with Gasteiger partial charge in [-0.2, -0.15) is 4.31 Å². The Kier molecular flexibility index (Phi) is 8.84. The summed E-state index contributed by atoms with van der Waals surface area (Å²) >= 11 is 0. The minimum absolute atomic E-state index is 0.0471. The maximum absolute atomic E-state index is 13.4. The fourth-order valence-electron chi connectivity index (χ4n) is 3.94. The third-order valence-electron chi connectivity index (χ3n) is 5.77. The van der Waals surface area contributed by atoms with E-state index in [4.69, 9.17) is 4.74 Å². The Morgan fingerprint density at radius 3 is 2.62 bits per heavy atom. The molecule has 0 saturated carbocycles. The lowest BCUT2D eigenvalue weighted by Crippen LogP contribution is -2.36. The Morgan fingerprint density at radius 1 is 1.15 bits per heavy atom. The van der Waals surface area contributed by atoms with Crippen LogP contribution in [0.1, 0.15) is 31.2 Å². The molecule has 0 aromatic heterocycles. The van der Waals surface area contributed by atoms with Crippen LogP contribution in [-0.4, -0.2) is 50.8 Å². The van der Waals surface area contributed by atoms with Crippen LogP contribution >= 0.6 is 0 Å². The number of anilines is 1. The van der Waals surface area contributed by atoms with E-state index in [1.165, 1.54) is 29.6 Å². The summed E-state index contributed by atoms with van der Waals surface area (Å²) in [5.74, 6) is -0.257. The fourth-order valence-corrected chi connectivity index (χ4v) is 5.57. The molecule has 1 heterocycles. The van der Waals surface area contributed by atoms with Gasteiger partial charge in [-0.05, 0) is 49.5 Å². The van der Waals surface area contributed by atoms with Gasteiger partial charge in [-0.1, -0.05) is 36.9 Å².